The third-order valence-corrected chi connectivity index (χ3v) is 6.54. The average molecular weight is 438 g/mol. The van der Waals surface area contributed by atoms with Crippen molar-refractivity contribution in [3.05, 3.63) is 58.7 Å². The van der Waals surface area contributed by atoms with Crippen molar-refractivity contribution >= 4 is 17.4 Å². The van der Waals surface area contributed by atoms with Crippen molar-refractivity contribution in [3.8, 4) is 0 Å². The molecule has 1 aliphatic rings. The number of aryl methyl sites for hydroxylation is 1. The summed E-state index contributed by atoms with van der Waals surface area (Å²) in [6.45, 7) is 13.3. The molecule has 7 heteroatoms. The molecule has 0 bridgehead atoms. The number of halogens is 1. The number of amides is 1. The molecular weight excluding hydrogens is 405 g/mol. The molecule has 3 aromatic rings. The highest BCUT2D eigenvalue weighted by Gasteiger charge is 2.39. The van der Waals surface area contributed by atoms with Crippen molar-refractivity contribution < 1.29 is 9.18 Å². The topological polar surface area (TPSA) is 62.5 Å². The first-order chi connectivity index (χ1) is 15.0. The molecule has 0 atom stereocenters. The van der Waals surface area contributed by atoms with Gasteiger partial charge in [0.1, 0.15) is 11.6 Å². The van der Waals surface area contributed by atoms with Crippen molar-refractivity contribution in [1.82, 2.24) is 19.9 Å². The van der Waals surface area contributed by atoms with Gasteiger partial charge >= 0.3 is 0 Å². The molecule has 1 aromatic carbocycles. The lowest BCUT2D eigenvalue weighted by Gasteiger charge is -2.43. The lowest BCUT2D eigenvalue weighted by atomic mass is 9.80. The van der Waals surface area contributed by atoms with Gasteiger partial charge in [-0.15, -0.1) is 0 Å². The first kappa shape index (κ1) is 22.2. The number of benzene rings is 1. The zero-order valence-electron chi connectivity index (χ0n) is 19.8. The summed E-state index contributed by atoms with van der Waals surface area (Å²) in [5.74, 6) is 0.588. The largest absolute Gasteiger partial charge is 0.356 e. The molecule has 1 saturated heterocycles. The van der Waals surface area contributed by atoms with Gasteiger partial charge in [0.15, 0.2) is 5.65 Å². The van der Waals surface area contributed by atoms with E-state index < -0.39 is 5.54 Å². The molecule has 0 aliphatic carbocycles. The van der Waals surface area contributed by atoms with Gasteiger partial charge in [-0.05, 0) is 32.8 Å². The van der Waals surface area contributed by atoms with Gasteiger partial charge in [0.2, 0.25) is 5.91 Å². The Labute approximate surface area is 188 Å². The van der Waals surface area contributed by atoms with Gasteiger partial charge in [0.05, 0.1) is 11.2 Å². The van der Waals surface area contributed by atoms with Gasteiger partial charge in [-0.3, -0.25) is 4.79 Å². The van der Waals surface area contributed by atoms with Gasteiger partial charge in [0.25, 0.3) is 0 Å². The monoisotopic (exact) mass is 437 g/mol. The summed E-state index contributed by atoms with van der Waals surface area (Å²) in [6.07, 6.45) is 1.20. The molecule has 0 unspecified atom stereocenters. The normalized spacial score (nSPS) is 16.4. The fourth-order valence-electron chi connectivity index (χ4n) is 4.67. The minimum atomic E-state index is -0.719. The lowest BCUT2D eigenvalue weighted by Crippen LogP contribution is -2.53. The number of rotatable bonds is 3. The number of nitrogens with zero attached hydrogens (tertiary/aromatic N) is 4. The van der Waals surface area contributed by atoms with Crippen LogP contribution in [0, 0.1) is 19.7 Å². The van der Waals surface area contributed by atoms with E-state index in [4.69, 9.17) is 10.1 Å². The first-order valence-corrected chi connectivity index (χ1v) is 11.2. The van der Waals surface area contributed by atoms with Crippen molar-refractivity contribution in [1.29, 1.82) is 0 Å². The van der Waals surface area contributed by atoms with Crippen molar-refractivity contribution in [2.75, 3.05) is 18.0 Å². The number of fused-ring (bicyclic) bond motifs is 1. The minimum Gasteiger partial charge on any atom is -0.356 e. The fraction of sp³-hybridized carbons (Fsp3) is 0.480. The number of hydrogen-bond donors (Lipinski definition) is 1. The summed E-state index contributed by atoms with van der Waals surface area (Å²) in [7, 11) is 0. The fourth-order valence-corrected chi connectivity index (χ4v) is 4.67. The smallest absolute Gasteiger partial charge is 0.217 e. The molecule has 32 heavy (non-hydrogen) atoms. The van der Waals surface area contributed by atoms with Gasteiger partial charge in [-0.2, -0.15) is 9.61 Å². The highest BCUT2D eigenvalue weighted by atomic mass is 19.1. The van der Waals surface area contributed by atoms with Crippen LogP contribution in [0.1, 0.15) is 63.1 Å². The average Bonchev–Trinajstić information content (AvgIpc) is 3.13. The SMILES string of the molecule is CC(=O)NC1(c2ccccc2F)CCN(c2c(C)c(C)nc3cc(C(C)(C)C)nn23)CC1. The van der Waals surface area contributed by atoms with Crippen LogP contribution in [0.2, 0.25) is 0 Å². The van der Waals surface area contributed by atoms with Crippen molar-refractivity contribution in [2.45, 2.75) is 65.3 Å². The minimum absolute atomic E-state index is 0.0833. The second-order valence-corrected chi connectivity index (χ2v) is 9.93. The zero-order valence-corrected chi connectivity index (χ0v) is 19.8. The third-order valence-electron chi connectivity index (χ3n) is 6.54. The Kier molecular flexibility index (Phi) is 5.47. The molecule has 2 aromatic heterocycles. The Balaban J connectivity index is 1.73. The molecule has 170 valence electrons. The molecule has 1 fully saturated rings. The predicted octanol–water partition coefficient (Wildman–Crippen LogP) is 4.41. The summed E-state index contributed by atoms with van der Waals surface area (Å²) in [5.41, 5.74) is 3.63. The first-order valence-electron chi connectivity index (χ1n) is 11.2. The van der Waals surface area contributed by atoms with Crippen molar-refractivity contribution in [2.24, 2.45) is 0 Å². The molecule has 1 aliphatic heterocycles. The van der Waals surface area contributed by atoms with E-state index in [1.54, 1.807) is 12.1 Å². The van der Waals surface area contributed by atoms with E-state index in [2.05, 4.69) is 44.0 Å². The molecule has 0 radical (unpaired) electrons. The number of nitrogens with one attached hydrogen (secondary N) is 1. The Morgan fingerprint density at radius 2 is 1.81 bits per heavy atom. The van der Waals surface area contributed by atoms with Crippen LogP contribution in [0.25, 0.3) is 5.65 Å². The van der Waals surface area contributed by atoms with E-state index in [0.29, 0.717) is 31.5 Å². The Morgan fingerprint density at radius 3 is 2.41 bits per heavy atom. The number of hydrogen-bond acceptors (Lipinski definition) is 4. The summed E-state index contributed by atoms with van der Waals surface area (Å²) >= 11 is 0. The van der Waals surface area contributed by atoms with E-state index in [1.807, 2.05) is 17.5 Å². The van der Waals surface area contributed by atoms with Crippen LogP contribution in [0.15, 0.2) is 30.3 Å². The molecule has 1 N–H and O–H groups in total. The quantitative estimate of drug-likeness (QED) is 0.659. The number of aromatic nitrogens is 3. The van der Waals surface area contributed by atoms with Crippen LogP contribution in [0.3, 0.4) is 0 Å². The van der Waals surface area contributed by atoms with Crippen LogP contribution in [0.4, 0.5) is 10.2 Å². The summed E-state index contributed by atoms with van der Waals surface area (Å²) in [5, 5.41) is 7.97. The number of anilines is 1. The van der Waals surface area contributed by atoms with E-state index in [1.165, 1.54) is 13.0 Å². The Bertz CT molecular complexity index is 1170. The van der Waals surface area contributed by atoms with Crippen LogP contribution < -0.4 is 10.2 Å². The van der Waals surface area contributed by atoms with E-state index in [9.17, 15) is 9.18 Å². The lowest BCUT2D eigenvalue weighted by molar-refractivity contribution is -0.121. The highest BCUT2D eigenvalue weighted by molar-refractivity contribution is 5.74. The van der Waals surface area contributed by atoms with E-state index >= 15 is 0 Å². The van der Waals surface area contributed by atoms with Crippen molar-refractivity contribution in [3.63, 3.8) is 0 Å². The molecule has 6 nitrogen and oxygen atoms in total. The van der Waals surface area contributed by atoms with E-state index in [-0.39, 0.29) is 17.1 Å². The molecular formula is C25H32FN5O. The number of carbonyl (C=O) groups excluding carboxylic acids is 1. The number of piperidine rings is 1. The molecule has 4 rings (SSSR count). The van der Waals surface area contributed by atoms with Gasteiger partial charge < -0.3 is 10.2 Å². The van der Waals surface area contributed by atoms with Crippen LogP contribution in [-0.4, -0.2) is 33.6 Å². The molecule has 3 heterocycles. The summed E-state index contributed by atoms with van der Waals surface area (Å²) < 4.78 is 16.7. The molecule has 1 amide bonds. The second-order valence-electron chi connectivity index (χ2n) is 9.93. The summed E-state index contributed by atoms with van der Waals surface area (Å²) in [4.78, 5) is 19.1. The molecule has 0 saturated carbocycles. The second kappa shape index (κ2) is 7.87. The Hall–Kier alpha value is -2.96. The maximum absolute atomic E-state index is 14.7. The van der Waals surface area contributed by atoms with Crippen LogP contribution in [0.5, 0.6) is 0 Å². The van der Waals surface area contributed by atoms with Crippen LogP contribution >= 0.6 is 0 Å². The maximum Gasteiger partial charge on any atom is 0.217 e. The molecule has 0 spiro atoms. The summed E-state index contributed by atoms with van der Waals surface area (Å²) in [6, 6.07) is 8.81. The number of carbonyl (C=O) groups is 1. The van der Waals surface area contributed by atoms with Gasteiger partial charge in [0, 0.05) is 48.3 Å². The van der Waals surface area contributed by atoms with Gasteiger partial charge in [-0.1, -0.05) is 39.0 Å². The predicted molar refractivity (Wildman–Crippen MR) is 125 cm³/mol. The van der Waals surface area contributed by atoms with Gasteiger partial charge in [-0.25, -0.2) is 9.37 Å². The van der Waals surface area contributed by atoms with Crippen LogP contribution in [-0.2, 0) is 15.7 Å². The third kappa shape index (κ3) is 3.85. The zero-order chi connectivity index (χ0) is 23.3. The van der Waals surface area contributed by atoms with E-state index in [0.717, 1.165) is 28.4 Å². The maximum atomic E-state index is 14.7. The Morgan fingerprint density at radius 1 is 1.16 bits per heavy atom. The standard InChI is InChI=1S/C25H32FN5O/c1-16-17(2)27-22-15-21(24(4,5)6)29-31(22)23(16)30-13-11-25(12-14-30,28-18(3)32)19-9-7-8-10-20(19)26/h7-10,15H,11-14H2,1-6H3,(H,28,32). The highest BCUT2D eigenvalue weighted by Crippen LogP contribution is 2.37.